The second kappa shape index (κ2) is 11.7. The molecule has 0 amide bonds. The molecule has 0 heterocycles. The monoisotopic (exact) mass is 424 g/mol. The van der Waals surface area contributed by atoms with E-state index in [1.807, 2.05) is 81.4 Å². The zero-order valence-electron chi connectivity index (χ0n) is 17.3. The standard InChI is InChI=1S/C18H21O2P.C6H5OP/c1-5-20-21(16-9-7-6-8-10-16)18(19)17-14(3)11-13(2)12-15(17)4;7-8-6-4-2-1-3-5-6/h6-12H,5H2,1-4H3;1-5H. The van der Waals surface area contributed by atoms with Crippen molar-refractivity contribution in [3.63, 3.8) is 0 Å². The molecule has 0 spiro atoms. The molecular weight excluding hydrogens is 398 g/mol. The lowest BCUT2D eigenvalue weighted by atomic mass is 10.0. The van der Waals surface area contributed by atoms with Crippen LogP contribution in [0.3, 0.4) is 0 Å². The Morgan fingerprint density at radius 2 is 1.41 bits per heavy atom. The smallest absolute Gasteiger partial charge is 0.216 e. The highest BCUT2D eigenvalue weighted by molar-refractivity contribution is 7.78. The zero-order chi connectivity index (χ0) is 21.2. The molecule has 3 aromatic carbocycles. The van der Waals surface area contributed by atoms with Crippen molar-refractivity contribution >= 4 is 32.7 Å². The molecule has 5 heteroatoms. The molecule has 1 atom stereocenters. The van der Waals surface area contributed by atoms with Crippen LogP contribution < -0.4 is 10.6 Å². The van der Waals surface area contributed by atoms with E-state index in [1.54, 1.807) is 0 Å². The van der Waals surface area contributed by atoms with E-state index in [0.29, 0.717) is 6.61 Å². The van der Waals surface area contributed by atoms with E-state index >= 15 is 0 Å². The van der Waals surface area contributed by atoms with Gasteiger partial charge >= 0.3 is 0 Å². The number of benzene rings is 3. The van der Waals surface area contributed by atoms with E-state index in [9.17, 15) is 9.36 Å². The molecule has 150 valence electrons. The van der Waals surface area contributed by atoms with Crippen LogP contribution in [0, 0.1) is 20.8 Å². The summed E-state index contributed by atoms with van der Waals surface area (Å²) >= 11 is 0. The van der Waals surface area contributed by atoms with Crippen molar-refractivity contribution in [2.75, 3.05) is 6.61 Å². The van der Waals surface area contributed by atoms with Gasteiger partial charge in [0.1, 0.15) is 8.15 Å². The van der Waals surface area contributed by atoms with Crippen LogP contribution in [0.15, 0.2) is 72.8 Å². The predicted molar refractivity (Wildman–Crippen MR) is 123 cm³/mol. The fourth-order valence-corrected chi connectivity index (χ4v) is 5.10. The van der Waals surface area contributed by atoms with Crippen LogP contribution in [0.1, 0.15) is 34.0 Å². The summed E-state index contributed by atoms with van der Waals surface area (Å²) in [5.74, 6) is 0. The van der Waals surface area contributed by atoms with Crippen LogP contribution >= 0.6 is 16.6 Å². The van der Waals surface area contributed by atoms with Gasteiger partial charge in [0, 0.05) is 22.8 Å². The molecule has 3 aromatic rings. The van der Waals surface area contributed by atoms with Crippen molar-refractivity contribution in [1.82, 2.24) is 0 Å². The predicted octanol–water partition coefficient (Wildman–Crippen LogP) is 6.11. The molecule has 0 aromatic heterocycles. The van der Waals surface area contributed by atoms with Crippen molar-refractivity contribution in [2.24, 2.45) is 0 Å². The summed E-state index contributed by atoms with van der Waals surface area (Å²) in [5, 5.41) is 1.80. The summed E-state index contributed by atoms with van der Waals surface area (Å²) < 4.78 is 15.9. The third-order valence-electron chi connectivity index (χ3n) is 4.19. The van der Waals surface area contributed by atoms with Gasteiger partial charge in [0.2, 0.25) is 5.52 Å². The second-order valence-electron chi connectivity index (χ2n) is 6.55. The lowest BCUT2D eigenvalue weighted by Crippen LogP contribution is -2.13. The van der Waals surface area contributed by atoms with Crippen LogP contribution in [0.4, 0.5) is 0 Å². The number of hydrogen-bond acceptors (Lipinski definition) is 3. The zero-order valence-corrected chi connectivity index (χ0v) is 19.0. The summed E-state index contributed by atoms with van der Waals surface area (Å²) in [4.78, 5) is 13.0. The first-order valence-electron chi connectivity index (χ1n) is 9.46. The third-order valence-corrected chi connectivity index (χ3v) is 6.57. The van der Waals surface area contributed by atoms with Gasteiger partial charge in [-0.2, -0.15) is 0 Å². The van der Waals surface area contributed by atoms with Crippen molar-refractivity contribution < 1.29 is 13.9 Å². The van der Waals surface area contributed by atoms with Crippen molar-refractivity contribution in [1.29, 1.82) is 0 Å². The SMILES string of the molecule is CCOP(C(=O)c1c(C)cc(C)cc1C)c1ccccc1.O=Pc1ccccc1. The van der Waals surface area contributed by atoms with Gasteiger partial charge in [-0.1, -0.05) is 66.2 Å². The lowest BCUT2D eigenvalue weighted by molar-refractivity contribution is 0.106. The topological polar surface area (TPSA) is 43.4 Å². The number of carbonyl (C=O) groups excluding carboxylic acids is 1. The Bertz CT molecular complexity index is 918. The summed E-state index contributed by atoms with van der Waals surface area (Å²) in [7, 11) is -1.17. The molecule has 29 heavy (non-hydrogen) atoms. The van der Waals surface area contributed by atoms with Gasteiger partial charge in [-0.05, 0) is 51.0 Å². The normalized spacial score (nSPS) is 11.4. The molecule has 1 unspecified atom stereocenters. The molecule has 0 bridgehead atoms. The summed E-state index contributed by atoms with van der Waals surface area (Å²) in [6.45, 7) is 8.52. The van der Waals surface area contributed by atoms with Gasteiger partial charge in [0.25, 0.3) is 0 Å². The minimum absolute atomic E-state index is 0.0994. The lowest BCUT2D eigenvalue weighted by Gasteiger charge is -2.18. The maximum atomic E-state index is 13.0. The van der Waals surface area contributed by atoms with Crippen LogP contribution in [0.25, 0.3) is 0 Å². The maximum Gasteiger partial charge on any atom is 0.216 e. The largest absolute Gasteiger partial charge is 0.347 e. The Labute approximate surface area is 176 Å². The van der Waals surface area contributed by atoms with E-state index in [1.165, 1.54) is 5.56 Å². The fourth-order valence-electron chi connectivity index (χ4n) is 3.05. The highest BCUT2D eigenvalue weighted by Crippen LogP contribution is 2.41. The molecule has 0 aliphatic heterocycles. The first-order chi connectivity index (χ1) is 14.0. The molecular formula is C24H26O3P2. The number of rotatable bonds is 6. The highest BCUT2D eigenvalue weighted by atomic mass is 31.1. The summed E-state index contributed by atoms with van der Waals surface area (Å²) in [5.41, 5.74) is 4.15. The Hall–Kier alpha value is -2.18. The molecule has 0 aliphatic carbocycles. The van der Waals surface area contributed by atoms with Crippen LogP contribution in [-0.4, -0.2) is 12.1 Å². The van der Waals surface area contributed by atoms with Crippen LogP contribution in [0.5, 0.6) is 0 Å². The van der Waals surface area contributed by atoms with Gasteiger partial charge < -0.3 is 4.52 Å². The van der Waals surface area contributed by atoms with Crippen LogP contribution in [-0.2, 0) is 9.09 Å². The van der Waals surface area contributed by atoms with E-state index in [0.717, 1.165) is 27.3 Å². The van der Waals surface area contributed by atoms with Gasteiger partial charge in [-0.25, -0.2) is 0 Å². The molecule has 0 saturated carbocycles. The molecule has 0 fully saturated rings. The van der Waals surface area contributed by atoms with Gasteiger partial charge in [0.15, 0.2) is 8.46 Å². The Balaban J connectivity index is 0.000000313. The molecule has 0 saturated heterocycles. The van der Waals surface area contributed by atoms with Gasteiger partial charge in [0.05, 0.1) is 0 Å². The third kappa shape index (κ3) is 6.68. The van der Waals surface area contributed by atoms with Crippen molar-refractivity contribution in [3.05, 3.63) is 95.1 Å². The van der Waals surface area contributed by atoms with E-state index in [-0.39, 0.29) is 14.0 Å². The van der Waals surface area contributed by atoms with Gasteiger partial charge in [-0.15, -0.1) is 0 Å². The first kappa shape index (κ1) is 23.1. The molecule has 3 nitrogen and oxygen atoms in total. The average molecular weight is 424 g/mol. The molecule has 0 aliphatic rings. The fraction of sp³-hybridized carbons (Fsp3) is 0.208. The van der Waals surface area contributed by atoms with E-state index in [4.69, 9.17) is 4.52 Å². The molecule has 3 rings (SSSR count). The Morgan fingerprint density at radius 1 is 0.897 bits per heavy atom. The van der Waals surface area contributed by atoms with E-state index < -0.39 is 8.15 Å². The highest BCUT2D eigenvalue weighted by Gasteiger charge is 2.25. The summed E-state index contributed by atoms with van der Waals surface area (Å²) in [6, 6.07) is 23.2. The molecule has 0 N–H and O–H groups in total. The van der Waals surface area contributed by atoms with Gasteiger partial charge in [-0.3, -0.25) is 9.36 Å². The number of aryl methyl sites for hydroxylation is 3. The molecule has 0 radical (unpaired) electrons. The number of hydrogen-bond donors (Lipinski definition) is 0. The van der Waals surface area contributed by atoms with Crippen molar-refractivity contribution in [2.45, 2.75) is 27.7 Å². The quantitative estimate of drug-likeness (QED) is 0.448. The Kier molecular flexibility index (Phi) is 9.35. The first-order valence-corrected chi connectivity index (χ1v) is 11.5. The minimum atomic E-state index is -1.27. The summed E-state index contributed by atoms with van der Waals surface area (Å²) in [6.07, 6.45) is 0. The number of carbonyl (C=O) groups is 1. The van der Waals surface area contributed by atoms with E-state index in [2.05, 4.69) is 19.1 Å². The minimum Gasteiger partial charge on any atom is -0.347 e. The average Bonchev–Trinajstić information content (AvgIpc) is 2.73. The van der Waals surface area contributed by atoms with Crippen molar-refractivity contribution in [3.8, 4) is 0 Å². The van der Waals surface area contributed by atoms with Crippen LogP contribution in [0.2, 0.25) is 0 Å². The second-order valence-corrected chi connectivity index (χ2v) is 9.02. The Morgan fingerprint density at radius 3 is 1.86 bits per heavy atom. The maximum absolute atomic E-state index is 13.0.